The zero-order valence-electron chi connectivity index (χ0n) is 29.6. The number of carbonyl (C=O) groups is 3. The first-order valence-electron chi connectivity index (χ1n) is 18.1. The summed E-state index contributed by atoms with van der Waals surface area (Å²) >= 11 is 8.21. The third-order valence-corrected chi connectivity index (χ3v) is 11.4. The maximum atomic E-state index is 14.4. The number of carbonyl (C=O) groups excluding carboxylic acids is 3. The number of barbiturate groups is 1. The molecule has 54 heavy (non-hydrogen) atoms. The molecule has 0 unspecified atom stereocenters. The van der Waals surface area contributed by atoms with Crippen LogP contribution in [0.3, 0.4) is 0 Å². The van der Waals surface area contributed by atoms with Gasteiger partial charge in [-0.25, -0.2) is 9.69 Å². The lowest BCUT2D eigenvalue weighted by atomic mass is 9.76. The van der Waals surface area contributed by atoms with Crippen LogP contribution in [0.1, 0.15) is 65.0 Å². The molecule has 1 saturated heterocycles. The van der Waals surface area contributed by atoms with Crippen molar-refractivity contribution in [3.8, 4) is 11.5 Å². The molecule has 4 amide bonds. The Bertz CT molecular complexity index is 2210. The molecule has 0 spiro atoms. The third-order valence-electron chi connectivity index (χ3n) is 10.3. The Labute approximate surface area is 332 Å². The van der Waals surface area contributed by atoms with Crippen molar-refractivity contribution < 1.29 is 23.9 Å². The molecule has 5 aromatic carbocycles. The van der Waals surface area contributed by atoms with Gasteiger partial charge in [0.2, 0.25) is 0 Å². The molecule has 0 aromatic heterocycles. The number of amides is 4. The van der Waals surface area contributed by atoms with Crippen molar-refractivity contribution in [3.63, 3.8) is 0 Å². The predicted octanol–water partition coefficient (Wildman–Crippen LogP) is 9.47. The van der Waals surface area contributed by atoms with Crippen molar-refractivity contribution in [1.82, 2.24) is 5.32 Å². The number of hydrogen-bond acceptors (Lipinski definition) is 6. The summed E-state index contributed by atoms with van der Waals surface area (Å²) < 4.78 is 12.9. The number of anilines is 2. The lowest BCUT2D eigenvalue weighted by Gasteiger charge is -2.44. The molecule has 0 saturated carbocycles. The summed E-state index contributed by atoms with van der Waals surface area (Å²) in [4.78, 5) is 45.1. The molecule has 5 aromatic rings. The van der Waals surface area contributed by atoms with Gasteiger partial charge in [-0.1, -0.05) is 84.4 Å². The van der Waals surface area contributed by atoms with E-state index in [1.165, 1.54) is 22.9 Å². The number of benzene rings is 5. The summed E-state index contributed by atoms with van der Waals surface area (Å²) in [6, 6.07) is 34.9. The molecule has 0 aliphatic carbocycles. The van der Waals surface area contributed by atoms with E-state index in [-0.39, 0.29) is 17.4 Å². The van der Waals surface area contributed by atoms with Gasteiger partial charge in [0.15, 0.2) is 11.5 Å². The van der Waals surface area contributed by atoms with E-state index in [9.17, 15) is 14.4 Å². The average Bonchev–Trinajstić information content (AvgIpc) is 3.18. The molecule has 1 fully saturated rings. The minimum absolute atomic E-state index is 0.0739. The molecule has 3 aliphatic rings. The standard InChI is InChI=1S/C44H37ClIN3O5/c1-2-53-39-23-28(22-38(46)41(39)54-26-27-13-15-31(45)16-14-27)21-37-42(50)47-44(52)49(43(37)51)32-24-35-33(29-9-5-3-6-10-29)17-19-48-20-18-34(36(25-32)40(35)48)30-11-7-4-8-12-30/h3-16,21-25,33-34H,2,17-20,26H2,1H3,(H,47,50,52)/b37-21+/t33-,34-/m1/s1. The normalized spacial score (nSPS) is 18.7. The molecule has 0 radical (unpaired) electrons. The van der Waals surface area contributed by atoms with Crippen molar-refractivity contribution in [2.75, 3.05) is 29.5 Å². The maximum absolute atomic E-state index is 14.4. The molecule has 2 atom stereocenters. The molecular formula is C44H37ClIN3O5. The summed E-state index contributed by atoms with van der Waals surface area (Å²) in [5, 5.41) is 3.09. The van der Waals surface area contributed by atoms with Gasteiger partial charge in [-0.2, -0.15) is 0 Å². The quantitative estimate of drug-likeness (QED) is 0.0904. The predicted molar refractivity (Wildman–Crippen MR) is 220 cm³/mol. The fourth-order valence-corrected chi connectivity index (χ4v) is 8.74. The summed E-state index contributed by atoms with van der Waals surface area (Å²) in [5.74, 6) is -0.285. The number of hydrogen-bond donors (Lipinski definition) is 1. The molecule has 8 nitrogen and oxygen atoms in total. The number of urea groups is 1. The number of rotatable bonds is 9. The van der Waals surface area contributed by atoms with E-state index < -0.39 is 17.8 Å². The lowest BCUT2D eigenvalue weighted by molar-refractivity contribution is -0.122. The molecule has 8 rings (SSSR count). The van der Waals surface area contributed by atoms with Crippen LogP contribution in [-0.2, 0) is 16.2 Å². The second-order valence-corrected chi connectivity index (χ2v) is 15.2. The van der Waals surface area contributed by atoms with E-state index in [1.807, 2.05) is 85.8 Å². The van der Waals surface area contributed by atoms with Crippen LogP contribution in [0.5, 0.6) is 11.5 Å². The smallest absolute Gasteiger partial charge is 0.335 e. The SMILES string of the molecule is CCOc1cc(/C=C2\C(=O)NC(=O)N(c3cc4c5c(c3)[C@@H](c3ccccc3)CCN5CC[C@@H]4c3ccccc3)C2=O)cc(I)c1OCc1ccc(Cl)cc1. The Morgan fingerprint density at radius 1 is 0.815 bits per heavy atom. The van der Waals surface area contributed by atoms with Crippen LogP contribution in [0.15, 0.2) is 115 Å². The largest absolute Gasteiger partial charge is 0.490 e. The van der Waals surface area contributed by atoms with Crippen molar-refractivity contribution in [1.29, 1.82) is 0 Å². The van der Waals surface area contributed by atoms with E-state index in [2.05, 4.69) is 57.1 Å². The van der Waals surface area contributed by atoms with Crippen molar-refractivity contribution >= 4 is 69.5 Å². The van der Waals surface area contributed by atoms with Gasteiger partial charge in [0, 0.05) is 35.6 Å². The topological polar surface area (TPSA) is 88.2 Å². The monoisotopic (exact) mass is 849 g/mol. The van der Waals surface area contributed by atoms with E-state index in [0.29, 0.717) is 41.0 Å². The number of ether oxygens (including phenoxy) is 2. The Hall–Kier alpha value is -5.13. The number of nitrogens with zero attached hydrogens (tertiary/aromatic N) is 2. The van der Waals surface area contributed by atoms with Gasteiger partial charge in [0.1, 0.15) is 12.2 Å². The van der Waals surface area contributed by atoms with Crippen LogP contribution in [0.25, 0.3) is 6.08 Å². The molecular weight excluding hydrogens is 813 g/mol. The van der Waals surface area contributed by atoms with E-state index in [4.69, 9.17) is 21.1 Å². The third kappa shape index (κ3) is 6.98. The fraction of sp³-hybridized carbons (Fsp3) is 0.205. The van der Waals surface area contributed by atoms with Gasteiger partial charge in [-0.15, -0.1) is 0 Å². The van der Waals surface area contributed by atoms with Crippen LogP contribution in [0.4, 0.5) is 16.2 Å². The minimum atomic E-state index is -0.777. The van der Waals surface area contributed by atoms with Crippen molar-refractivity contribution in [2.24, 2.45) is 0 Å². The van der Waals surface area contributed by atoms with Gasteiger partial charge in [-0.05, 0) is 118 Å². The first-order valence-corrected chi connectivity index (χ1v) is 19.5. The first-order chi connectivity index (χ1) is 26.3. The summed E-state index contributed by atoms with van der Waals surface area (Å²) in [5.41, 5.74) is 7.47. The number of nitrogens with one attached hydrogen (secondary N) is 1. The van der Waals surface area contributed by atoms with Crippen LogP contribution in [0.2, 0.25) is 5.02 Å². The Morgan fingerprint density at radius 2 is 1.43 bits per heavy atom. The first kappa shape index (κ1) is 35.9. The van der Waals surface area contributed by atoms with Gasteiger partial charge in [0.05, 0.1) is 15.9 Å². The lowest BCUT2D eigenvalue weighted by Crippen LogP contribution is -2.54. The molecule has 3 aliphatic heterocycles. The van der Waals surface area contributed by atoms with Crippen LogP contribution >= 0.6 is 34.2 Å². The highest BCUT2D eigenvalue weighted by Gasteiger charge is 2.40. The summed E-state index contributed by atoms with van der Waals surface area (Å²) in [6.45, 7) is 4.37. The maximum Gasteiger partial charge on any atom is 0.335 e. The summed E-state index contributed by atoms with van der Waals surface area (Å²) in [7, 11) is 0. The van der Waals surface area contributed by atoms with Crippen LogP contribution in [0, 0.1) is 3.57 Å². The molecule has 1 N–H and O–H groups in total. The van der Waals surface area contributed by atoms with Gasteiger partial charge >= 0.3 is 6.03 Å². The Balaban J connectivity index is 1.19. The second kappa shape index (κ2) is 15.3. The zero-order chi connectivity index (χ0) is 37.3. The second-order valence-electron chi connectivity index (χ2n) is 13.6. The number of halogens is 2. The van der Waals surface area contributed by atoms with Crippen molar-refractivity contribution in [2.45, 2.75) is 38.2 Å². The molecule has 3 heterocycles. The zero-order valence-corrected chi connectivity index (χ0v) is 32.5. The van der Waals surface area contributed by atoms with Crippen LogP contribution < -0.4 is 24.6 Å². The van der Waals surface area contributed by atoms with E-state index in [0.717, 1.165) is 51.1 Å². The molecule has 272 valence electrons. The van der Waals surface area contributed by atoms with Gasteiger partial charge < -0.3 is 14.4 Å². The Morgan fingerprint density at radius 3 is 2.02 bits per heavy atom. The highest BCUT2D eigenvalue weighted by Crippen LogP contribution is 2.50. The summed E-state index contributed by atoms with van der Waals surface area (Å²) in [6.07, 6.45) is 3.31. The van der Waals surface area contributed by atoms with Crippen LogP contribution in [-0.4, -0.2) is 37.5 Å². The minimum Gasteiger partial charge on any atom is -0.490 e. The van der Waals surface area contributed by atoms with E-state index in [1.54, 1.807) is 6.07 Å². The highest BCUT2D eigenvalue weighted by molar-refractivity contribution is 14.1. The van der Waals surface area contributed by atoms with E-state index >= 15 is 0 Å². The average molecular weight is 850 g/mol. The molecule has 10 heteroatoms. The Kier molecular flexibility index (Phi) is 10.2. The fourth-order valence-electron chi connectivity index (χ4n) is 7.84. The number of imide groups is 2. The van der Waals surface area contributed by atoms with Gasteiger partial charge in [0.25, 0.3) is 11.8 Å². The van der Waals surface area contributed by atoms with Crippen molar-refractivity contribution in [3.05, 3.63) is 157 Å². The molecule has 0 bridgehead atoms. The highest BCUT2D eigenvalue weighted by atomic mass is 127. The van der Waals surface area contributed by atoms with Gasteiger partial charge in [-0.3, -0.25) is 14.9 Å².